The first-order valence-electron chi connectivity index (χ1n) is 7.78. The second-order valence-electron chi connectivity index (χ2n) is 6.11. The standard InChI is InChI=1S/C16H20F3N5O/c1-9(8-24-14(16(17,18)19)6-11(3)23-24)7-20-15(25)13-5-10(2)21-12(4)22-13/h5-6,9H,7-8H2,1-4H3,(H,20,25). The largest absolute Gasteiger partial charge is 0.433 e. The van der Waals surface area contributed by atoms with Crippen LogP contribution in [0.2, 0.25) is 0 Å². The summed E-state index contributed by atoms with van der Waals surface area (Å²) in [6.07, 6.45) is -4.46. The molecule has 0 saturated carbocycles. The van der Waals surface area contributed by atoms with Crippen LogP contribution in [0.5, 0.6) is 0 Å². The number of aromatic nitrogens is 4. The first kappa shape index (κ1) is 18.9. The molecule has 2 aromatic heterocycles. The maximum atomic E-state index is 13.0. The summed E-state index contributed by atoms with van der Waals surface area (Å²) >= 11 is 0. The van der Waals surface area contributed by atoms with E-state index in [1.807, 2.05) is 0 Å². The van der Waals surface area contributed by atoms with E-state index in [4.69, 9.17) is 0 Å². The first-order valence-corrected chi connectivity index (χ1v) is 7.78. The maximum Gasteiger partial charge on any atom is 0.433 e. The Bertz CT molecular complexity index is 749. The fourth-order valence-electron chi connectivity index (χ4n) is 2.46. The zero-order valence-electron chi connectivity index (χ0n) is 14.5. The van der Waals surface area contributed by atoms with E-state index in [2.05, 4.69) is 20.4 Å². The van der Waals surface area contributed by atoms with Crippen molar-refractivity contribution < 1.29 is 18.0 Å². The lowest BCUT2D eigenvalue weighted by atomic mass is 10.1. The molecular formula is C16H20F3N5O. The Morgan fingerprint density at radius 1 is 1.20 bits per heavy atom. The van der Waals surface area contributed by atoms with Crippen molar-refractivity contribution in [3.63, 3.8) is 0 Å². The van der Waals surface area contributed by atoms with Crippen molar-refractivity contribution >= 4 is 5.91 Å². The molecule has 1 N–H and O–H groups in total. The third-order valence-electron chi connectivity index (χ3n) is 3.49. The molecule has 0 aliphatic carbocycles. The van der Waals surface area contributed by atoms with Crippen molar-refractivity contribution in [2.75, 3.05) is 6.54 Å². The summed E-state index contributed by atoms with van der Waals surface area (Å²) in [5.41, 5.74) is 0.427. The molecule has 2 rings (SSSR count). The number of alkyl halides is 3. The van der Waals surface area contributed by atoms with Gasteiger partial charge in [0, 0.05) is 18.8 Å². The van der Waals surface area contributed by atoms with Gasteiger partial charge in [-0.05, 0) is 38.8 Å². The molecule has 0 aliphatic rings. The third kappa shape index (κ3) is 5.01. The van der Waals surface area contributed by atoms with E-state index in [1.165, 1.54) is 6.92 Å². The highest BCUT2D eigenvalue weighted by Gasteiger charge is 2.35. The van der Waals surface area contributed by atoms with Crippen molar-refractivity contribution in [2.24, 2.45) is 5.92 Å². The van der Waals surface area contributed by atoms with Gasteiger partial charge in [-0.25, -0.2) is 9.97 Å². The van der Waals surface area contributed by atoms with Crippen LogP contribution in [0.1, 0.15) is 40.3 Å². The van der Waals surface area contributed by atoms with Gasteiger partial charge in [0.1, 0.15) is 17.2 Å². The number of halogens is 3. The van der Waals surface area contributed by atoms with Crippen LogP contribution in [0.3, 0.4) is 0 Å². The molecule has 2 aromatic rings. The Morgan fingerprint density at radius 3 is 2.48 bits per heavy atom. The summed E-state index contributed by atoms with van der Waals surface area (Å²) in [7, 11) is 0. The van der Waals surface area contributed by atoms with Crippen molar-refractivity contribution in [3.8, 4) is 0 Å². The molecule has 9 heteroatoms. The molecule has 0 bridgehead atoms. The predicted octanol–water partition coefficient (Wildman–Crippen LogP) is 2.68. The number of hydrogen-bond acceptors (Lipinski definition) is 4. The van der Waals surface area contributed by atoms with Crippen LogP contribution in [0, 0.1) is 26.7 Å². The zero-order chi connectivity index (χ0) is 18.8. The Balaban J connectivity index is 1.99. The summed E-state index contributed by atoms with van der Waals surface area (Å²) in [5.74, 6) is -0.137. The SMILES string of the molecule is Cc1cc(C(=O)NCC(C)Cn2nc(C)cc2C(F)(F)F)nc(C)n1. The number of hydrogen-bond donors (Lipinski definition) is 1. The Kier molecular flexibility index (Phi) is 5.44. The number of carbonyl (C=O) groups is 1. The highest BCUT2D eigenvalue weighted by molar-refractivity contribution is 5.92. The van der Waals surface area contributed by atoms with Gasteiger partial charge in [-0.3, -0.25) is 9.48 Å². The smallest absolute Gasteiger partial charge is 0.350 e. The molecule has 0 aliphatic heterocycles. The number of amides is 1. The Labute approximate surface area is 143 Å². The van der Waals surface area contributed by atoms with E-state index < -0.39 is 11.9 Å². The van der Waals surface area contributed by atoms with Crippen LogP contribution in [-0.4, -0.2) is 32.2 Å². The molecular weight excluding hydrogens is 335 g/mol. The third-order valence-corrected chi connectivity index (χ3v) is 3.49. The fraction of sp³-hybridized carbons (Fsp3) is 0.500. The van der Waals surface area contributed by atoms with Crippen LogP contribution >= 0.6 is 0 Å². The molecule has 0 radical (unpaired) electrons. The van der Waals surface area contributed by atoms with Crippen LogP contribution in [-0.2, 0) is 12.7 Å². The lowest BCUT2D eigenvalue weighted by molar-refractivity contribution is -0.144. The van der Waals surface area contributed by atoms with Gasteiger partial charge in [-0.15, -0.1) is 0 Å². The summed E-state index contributed by atoms with van der Waals surface area (Å²) in [6, 6.07) is 2.57. The van der Waals surface area contributed by atoms with Crippen LogP contribution in [0.4, 0.5) is 13.2 Å². The molecule has 0 saturated heterocycles. The average Bonchev–Trinajstić information content (AvgIpc) is 2.84. The van der Waals surface area contributed by atoms with Crippen LogP contribution < -0.4 is 5.32 Å². The van der Waals surface area contributed by atoms with Gasteiger partial charge in [0.15, 0.2) is 0 Å². The normalized spacial score (nSPS) is 12.9. The van der Waals surface area contributed by atoms with E-state index in [9.17, 15) is 18.0 Å². The van der Waals surface area contributed by atoms with Crippen LogP contribution in [0.25, 0.3) is 0 Å². The Morgan fingerprint density at radius 2 is 1.88 bits per heavy atom. The highest BCUT2D eigenvalue weighted by Crippen LogP contribution is 2.30. The molecule has 1 amide bonds. The minimum Gasteiger partial charge on any atom is -0.350 e. The second kappa shape index (κ2) is 7.20. The predicted molar refractivity (Wildman–Crippen MR) is 85.0 cm³/mol. The Hall–Kier alpha value is -2.45. The molecule has 0 spiro atoms. The maximum absolute atomic E-state index is 13.0. The van der Waals surface area contributed by atoms with Crippen LogP contribution in [0.15, 0.2) is 12.1 Å². The topological polar surface area (TPSA) is 72.7 Å². The first-order chi connectivity index (χ1) is 11.6. The van der Waals surface area contributed by atoms with Gasteiger partial charge in [0.25, 0.3) is 5.91 Å². The highest BCUT2D eigenvalue weighted by atomic mass is 19.4. The number of nitrogens with one attached hydrogen (secondary N) is 1. The number of nitrogens with zero attached hydrogens (tertiary/aromatic N) is 4. The quantitative estimate of drug-likeness (QED) is 0.895. The van der Waals surface area contributed by atoms with E-state index >= 15 is 0 Å². The molecule has 25 heavy (non-hydrogen) atoms. The average molecular weight is 355 g/mol. The van der Waals surface area contributed by atoms with Crippen molar-refractivity contribution in [2.45, 2.75) is 40.4 Å². The van der Waals surface area contributed by atoms with Crippen molar-refractivity contribution in [1.29, 1.82) is 0 Å². The second-order valence-corrected chi connectivity index (χ2v) is 6.11. The monoisotopic (exact) mass is 355 g/mol. The van der Waals surface area contributed by atoms with Gasteiger partial charge in [-0.2, -0.15) is 18.3 Å². The lowest BCUT2D eigenvalue weighted by Crippen LogP contribution is -2.31. The fourth-order valence-corrected chi connectivity index (χ4v) is 2.46. The van der Waals surface area contributed by atoms with Gasteiger partial charge in [0.2, 0.25) is 0 Å². The lowest BCUT2D eigenvalue weighted by Gasteiger charge is -2.16. The molecule has 0 fully saturated rings. The van der Waals surface area contributed by atoms with Gasteiger partial charge in [-0.1, -0.05) is 6.92 Å². The summed E-state index contributed by atoms with van der Waals surface area (Å²) in [5, 5.41) is 6.58. The van der Waals surface area contributed by atoms with Gasteiger partial charge in [0.05, 0.1) is 5.69 Å². The number of aryl methyl sites for hydroxylation is 3. The molecule has 1 atom stereocenters. The molecule has 2 heterocycles. The molecule has 136 valence electrons. The van der Waals surface area contributed by atoms with Gasteiger partial charge >= 0.3 is 6.18 Å². The van der Waals surface area contributed by atoms with E-state index in [1.54, 1.807) is 26.8 Å². The molecule has 0 aromatic carbocycles. The van der Waals surface area contributed by atoms with Gasteiger partial charge < -0.3 is 5.32 Å². The number of rotatable bonds is 5. The minimum absolute atomic E-state index is 0.0464. The van der Waals surface area contributed by atoms with Crippen molar-refractivity contribution in [1.82, 2.24) is 25.1 Å². The van der Waals surface area contributed by atoms with E-state index in [0.29, 0.717) is 17.2 Å². The molecule has 6 nitrogen and oxygen atoms in total. The van der Waals surface area contributed by atoms with Crippen molar-refractivity contribution in [3.05, 3.63) is 40.7 Å². The summed E-state index contributed by atoms with van der Waals surface area (Å²) < 4.78 is 39.9. The number of carbonyl (C=O) groups excluding carboxylic acids is 1. The summed E-state index contributed by atoms with van der Waals surface area (Å²) in [6.45, 7) is 6.95. The summed E-state index contributed by atoms with van der Waals surface area (Å²) in [4.78, 5) is 20.3. The van der Waals surface area contributed by atoms with E-state index in [0.717, 1.165) is 10.7 Å². The molecule has 1 unspecified atom stereocenters. The van der Waals surface area contributed by atoms with E-state index in [-0.39, 0.29) is 30.6 Å². The zero-order valence-corrected chi connectivity index (χ0v) is 14.5. The minimum atomic E-state index is -4.46.